The molecule has 38 heavy (non-hydrogen) atoms. The van der Waals surface area contributed by atoms with Crippen molar-refractivity contribution in [2.24, 2.45) is 15.7 Å². The van der Waals surface area contributed by atoms with E-state index in [1.807, 2.05) is 86.6 Å². The number of benzodiazepines with no additional fused rings is 1. The number of nitrogens with one attached hydrogen (secondary N) is 2. The molecule has 1 fully saturated rings. The molecule has 9 heteroatoms. The first kappa shape index (κ1) is 26.6. The van der Waals surface area contributed by atoms with Gasteiger partial charge in [0.2, 0.25) is 12.1 Å². The lowest BCUT2D eigenvalue weighted by Gasteiger charge is -2.30. The second-order valence-electron chi connectivity index (χ2n) is 8.27. The topological polar surface area (TPSA) is 125 Å². The van der Waals surface area contributed by atoms with Crippen LogP contribution in [0.15, 0.2) is 88.8 Å². The first-order valence-corrected chi connectivity index (χ1v) is 12.7. The SMILES string of the molecule is CC.N=C(O/C(N)=N/C1N=C(c2ccccc2)c2ccccc2NC1=O)c1ccccc1N1CCOCC1. The van der Waals surface area contributed by atoms with Crippen LogP contribution in [0.3, 0.4) is 0 Å². The summed E-state index contributed by atoms with van der Waals surface area (Å²) in [7, 11) is 0. The van der Waals surface area contributed by atoms with E-state index in [0.29, 0.717) is 43.3 Å². The summed E-state index contributed by atoms with van der Waals surface area (Å²) in [4.78, 5) is 24.0. The van der Waals surface area contributed by atoms with Gasteiger partial charge in [-0.1, -0.05) is 74.5 Å². The number of hydrogen-bond acceptors (Lipinski definition) is 7. The minimum atomic E-state index is -1.19. The molecule has 0 bridgehead atoms. The van der Waals surface area contributed by atoms with Crippen molar-refractivity contribution in [2.45, 2.75) is 20.0 Å². The summed E-state index contributed by atoms with van der Waals surface area (Å²) in [6.45, 7) is 6.67. The molecule has 2 heterocycles. The van der Waals surface area contributed by atoms with Crippen molar-refractivity contribution in [3.05, 3.63) is 95.6 Å². The van der Waals surface area contributed by atoms with Crippen LogP contribution in [0.25, 0.3) is 0 Å². The number of nitrogens with two attached hydrogens (primary N) is 1. The van der Waals surface area contributed by atoms with E-state index < -0.39 is 12.1 Å². The summed E-state index contributed by atoms with van der Waals surface area (Å²) in [5.74, 6) is -0.608. The van der Waals surface area contributed by atoms with E-state index in [-0.39, 0.29) is 11.9 Å². The number of para-hydroxylation sites is 2. The molecule has 1 amide bonds. The van der Waals surface area contributed by atoms with Crippen molar-refractivity contribution in [3.63, 3.8) is 0 Å². The lowest BCUT2D eigenvalue weighted by molar-refractivity contribution is -0.117. The second kappa shape index (κ2) is 12.6. The second-order valence-corrected chi connectivity index (χ2v) is 8.27. The highest BCUT2D eigenvalue weighted by Gasteiger charge is 2.26. The zero-order valence-electron chi connectivity index (χ0n) is 21.6. The van der Waals surface area contributed by atoms with Gasteiger partial charge < -0.3 is 25.4 Å². The van der Waals surface area contributed by atoms with Gasteiger partial charge >= 0.3 is 0 Å². The lowest BCUT2D eigenvalue weighted by atomic mass is 10.0. The molecular weight excluding hydrogens is 480 g/mol. The molecule has 2 aliphatic rings. The summed E-state index contributed by atoms with van der Waals surface area (Å²) in [5, 5.41) is 11.4. The molecule has 5 rings (SSSR count). The number of ether oxygens (including phenoxy) is 2. The Morgan fingerprint density at radius 1 is 1.03 bits per heavy atom. The van der Waals surface area contributed by atoms with E-state index >= 15 is 0 Å². The van der Waals surface area contributed by atoms with Crippen LogP contribution in [0.2, 0.25) is 0 Å². The lowest BCUT2D eigenvalue weighted by Crippen LogP contribution is -2.37. The summed E-state index contributed by atoms with van der Waals surface area (Å²) >= 11 is 0. The number of carbonyl (C=O) groups is 1. The normalized spacial score (nSPS) is 17.2. The maximum Gasteiger partial charge on any atom is 0.291 e. The molecule has 4 N–H and O–H groups in total. The number of aliphatic imine (C=N–C) groups is 2. The molecule has 1 saturated heterocycles. The van der Waals surface area contributed by atoms with Crippen molar-refractivity contribution >= 4 is 34.9 Å². The Bertz CT molecular complexity index is 1330. The minimum absolute atomic E-state index is 0.164. The van der Waals surface area contributed by atoms with Gasteiger partial charge in [0, 0.05) is 29.9 Å². The highest BCUT2D eigenvalue weighted by atomic mass is 16.5. The highest BCUT2D eigenvalue weighted by Crippen LogP contribution is 2.25. The van der Waals surface area contributed by atoms with E-state index in [4.69, 9.17) is 20.6 Å². The molecule has 0 spiro atoms. The fraction of sp³-hybridized carbons (Fsp3) is 0.241. The Morgan fingerprint density at radius 2 is 1.68 bits per heavy atom. The van der Waals surface area contributed by atoms with Crippen LogP contribution >= 0.6 is 0 Å². The summed E-state index contributed by atoms with van der Waals surface area (Å²) in [6, 6.07) is 24.1. The van der Waals surface area contributed by atoms with Crippen LogP contribution < -0.4 is 16.0 Å². The number of benzene rings is 3. The van der Waals surface area contributed by atoms with Crippen molar-refractivity contribution in [3.8, 4) is 0 Å². The standard InChI is InChI=1S/C27H26N6O3.C2H6/c28-24(20-11-5-7-13-22(20)33-14-16-35-17-15-33)36-27(29)32-25-26(34)30-21-12-6-4-10-19(21)23(31-25)18-8-2-1-3-9-18;1-2/h1-13,25,28H,14-17H2,(H2,29,32)(H,30,34);1-2H3. The molecular formula is C29H32N6O3. The number of anilines is 2. The fourth-order valence-electron chi connectivity index (χ4n) is 4.21. The Labute approximate surface area is 222 Å². The maximum atomic E-state index is 13.0. The predicted octanol–water partition coefficient (Wildman–Crippen LogP) is 4.02. The van der Waals surface area contributed by atoms with E-state index in [1.54, 1.807) is 6.07 Å². The zero-order valence-corrected chi connectivity index (χ0v) is 21.6. The van der Waals surface area contributed by atoms with Gasteiger partial charge in [-0.2, -0.15) is 4.99 Å². The Hall–Kier alpha value is -4.50. The molecule has 0 saturated carbocycles. The summed E-state index contributed by atoms with van der Waals surface area (Å²) in [6.07, 6.45) is -1.19. The van der Waals surface area contributed by atoms with E-state index in [9.17, 15) is 4.79 Å². The number of amidine groups is 1. The average molecular weight is 513 g/mol. The van der Waals surface area contributed by atoms with E-state index in [1.165, 1.54) is 0 Å². The van der Waals surface area contributed by atoms with Gasteiger partial charge in [0.05, 0.1) is 30.2 Å². The Morgan fingerprint density at radius 3 is 2.45 bits per heavy atom. The molecule has 0 aromatic heterocycles. The molecule has 3 aromatic carbocycles. The molecule has 196 valence electrons. The van der Waals surface area contributed by atoms with Gasteiger partial charge in [0.25, 0.3) is 11.9 Å². The number of fused-ring (bicyclic) bond motifs is 1. The number of carbonyl (C=O) groups excluding carboxylic acids is 1. The number of nitrogens with zero attached hydrogens (tertiary/aromatic N) is 3. The minimum Gasteiger partial charge on any atom is -0.407 e. The smallest absolute Gasteiger partial charge is 0.291 e. The molecule has 3 aromatic rings. The number of rotatable bonds is 4. The first-order chi connectivity index (χ1) is 18.6. The molecule has 2 aliphatic heterocycles. The quantitative estimate of drug-likeness (QED) is 0.360. The van der Waals surface area contributed by atoms with Gasteiger partial charge in [-0.05, 0) is 18.2 Å². The van der Waals surface area contributed by atoms with Crippen molar-refractivity contribution in [1.82, 2.24) is 0 Å². The fourth-order valence-corrected chi connectivity index (χ4v) is 4.21. The molecule has 9 nitrogen and oxygen atoms in total. The Kier molecular flexibility index (Phi) is 8.84. The predicted molar refractivity (Wildman–Crippen MR) is 151 cm³/mol. The number of amides is 1. The number of hydrogen-bond donors (Lipinski definition) is 3. The Balaban J connectivity index is 0.00000164. The van der Waals surface area contributed by atoms with Crippen LogP contribution in [0, 0.1) is 5.41 Å². The van der Waals surface area contributed by atoms with Crippen molar-refractivity contribution in [2.75, 3.05) is 36.5 Å². The highest BCUT2D eigenvalue weighted by molar-refractivity contribution is 6.19. The van der Waals surface area contributed by atoms with Crippen LogP contribution in [0.5, 0.6) is 0 Å². The van der Waals surface area contributed by atoms with Crippen molar-refractivity contribution < 1.29 is 14.3 Å². The first-order valence-electron chi connectivity index (χ1n) is 12.7. The molecule has 0 aliphatic carbocycles. The van der Waals surface area contributed by atoms with Gasteiger partial charge in [-0.25, -0.2) is 4.99 Å². The van der Waals surface area contributed by atoms with Crippen molar-refractivity contribution in [1.29, 1.82) is 5.41 Å². The number of morpholine rings is 1. The summed E-state index contributed by atoms with van der Waals surface area (Å²) in [5.41, 5.74) is 10.4. The zero-order chi connectivity index (χ0) is 26.9. The maximum absolute atomic E-state index is 13.0. The third-order valence-corrected chi connectivity index (χ3v) is 5.93. The summed E-state index contributed by atoms with van der Waals surface area (Å²) < 4.78 is 11.0. The van der Waals surface area contributed by atoms with Gasteiger partial charge in [-0.15, -0.1) is 0 Å². The molecule has 1 unspecified atom stereocenters. The van der Waals surface area contributed by atoms with E-state index in [0.717, 1.165) is 16.8 Å². The third kappa shape index (κ3) is 6.07. The monoisotopic (exact) mass is 512 g/mol. The van der Waals surface area contributed by atoms with Gasteiger partial charge in [0.1, 0.15) is 0 Å². The molecule has 0 radical (unpaired) electrons. The van der Waals surface area contributed by atoms with Gasteiger partial charge in [0.15, 0.2) is 0 Å². The van der Waals surface area contributed by atoms with Crippen LogP contribution in [-0.4, -0.2) is 56.0 Å². The third-order valence-electron chi connectivity index (χ3n) is 5.93. The largest absolute Gasteiger partial charge is 0.407 e. The van der Waals surface area contributed by atoms with Crippen LogP contribution in [0.1, 0.15) is 30.5 Å². The average Bonchev–Trinajstić information content (AvgIpc) is 3.11. The van der Waals surface area contributed by atoms with E-state index in [2.05, 4.69) is 20.2 Å². The van der Waals surface area contributed by atoms with Crippen LogP contribution in [0.4, 0.5) is 11.4 Å². The van der Waals surface area contributed by atoms with Gasteiger partial charge in [-0.3, -0.25) is 10.2 Å². The molecule has 1 atom stereocenters. The van der Waals surface area contributed by atoms with Crippen LogP contribution in [-0.2, 0) is 14.3 Å².